The number of aryl methyl sites for hydroxylation is 1. The molecule has 0 spiro atoms. The van der Waals surface area contributed by atoms with E-state index in [1.807, 2.05) is 0 Å². The van der Waals surface area contributed by atoms with E-state index < -0.39 is 0 Å². The lowest BCUT2D eigenvalue weighted by molar-refractivity contribution is 0.908. The summed E-state index contributed by atoms with van der Waals surface area (Å²) in [4.78, 5) is 4.95. The van der Waals surface area contributed by atoms with Crippen LogP contribution in [0.25, 0.3) is 93.9 Å². The summed E-state index contributed by atoms with van der Waals surface area (Å²) in [5.74, 6) is 1.07. The zero-order chi connectivity index (χ0) is 36.7. The molecule has 10 aromatic rings. The molecule has 9 aromatic carbocycles. The molecule has 0 bridgehead atoms. The summed E-state index contributed by atoms with van der Waals surface area (Å²) >= 11 is 0. The first kappa shape index (κ1) is 32.6. The molecule has 0 aliphatic rings. The summed E-state index contributed by atoms with van der Waals surface area (Å²) in [6.45, 7) is 2.17. The minimum atomic E-state index is 0.857. The van der Waals surface area contributed by atoms with E-state index >= 15 is 0 Å². The maximum atomic E-state index is 4.95. The number of fused-ring (bicyclic) bond motifs is 3. The number of hydrogen-bond acceptors (Lipinski definition) is 1. The van der Waals surface area contributed by atoms with Crippen molar-refractivity contribution in [2.75, 3.05) is 0 Å². The average molecular weight is 703 g/mol. The van der Waals surface area contributed by atoms with Crippen LogP contribution in [-0.2, 0) is 6.42 Å². The molecule has 0 saturated carbocycles. The Morgan fingerprint density at radius 3 is 1.60 bits per heavy atom. The van der Waals surface area contributed by atoms with Crippen LogP contribution in [0.15, 0.2) is 200 Å². The summed E-state index contributed by atoms with van der Waals surface area (Å²) in [7, 11) is 0. The molecule has 1 heterocycles. The van der Waals surface area contributed by atoms with E-state index in [4.69, 9.17) is 4.98 Å². The molecule has 0 saturated heterocycles. The quantitative estimate of drug-likeness (QED) is 0.151. The van der Waals surface area contributed by atoms with Crippen LogP contribution in [0.5, 0.6) is 0 Å². The van der Waals surface area contributed by atoms with Crippen molar-refractivity contribution in [3.63, 3.8) is 0 Å². The zero-order valence-electron chi connectivity index (χ0n) is 30.7. The van der Waals surface area contributed by atoms with Gasteiger partial charge in [-0.05, 0) is 108 Å². The molecule has 55 heavy (non-hydrogen) atoms. The number of rotatable bonds is 7. The van der Waals surface area contributed by atoms with Crippen LogP contribution in [0, 0.1) is 0 Å². The number of benzene rings is 9. The lowest BCUT2D eigenvalue weighted by atomic mass is 9.83. The zero-order valence-corrected chi connectivity index (χ0v) is 30.7. The normalized spacial score (nSPS) is 11.4. The number of para-hydroxylation sites is 2. The number of aromatic nitrogens is 2. The fourth-order valence-electron chi connectivity index (χ4n) is 8.39. The topological polar surface area (TPSA) is 17.8 Å². The minimum Gasteiger partial charge on any atom is -0.296 e. The third kappa shape index (κ3) is 5.71. The molecule has 0 fully saturated rings. The molecule has 0 unspecified atom stereocenters. The van der Waals surface area contributed by atoms with Crippen LogP contribution in [0.1, 0.15) is 12.7 Å². The van der Waals surface area contributed by atoms with E-state index in [2.05, 4.69) is 212 Å². The van der Waals surface area contributed by atoms with Crippen molar-refractivity contribution < 1.29 is 0 Å². The Morgan fingerprint density at radius 1 is 0.382 bits per heavy atom. The van der Waals surface area contributed by atoms with Gasteiger partial charge in [0, 0.05) is 12.1 Å². The van der Waals surface area contributed by atoms with Crippen molar-refractivity contribution in [3.8, 4) is 61.3 Å². The second kappa shape index (κ2) is 13.7. The standard InChI is InChI=1S/C53H38N2/c1-2-51-54-49-23-13-14-24-50(49)55(51)42-32-29-40(30-33-42)52-45-21-11-12-22-46(45)53(48-35-41(31-34-47(48)52)37-17-7-4-8-18-37)44-20-10-9-19-43(44)39-27-25-38(26-28-39)36-15-5-3-6-16-36/h3-35H,2H2,1H3. The first-order valence-corrected chi connectivity index (χ1v) is 19.1. The van der Waals surface area contributed by atoms with Crippen molar-refractivity contribution in [1.82, 2.24) is 9.55 Å². The lowest BCUT2D eigenvalue weighted by Crippen LogP contribution is -2.00. The van der Waals surface area contributed by atoms with Crippen molar-refractivity contribution in [3.05, 3.63) is 206 Å². The van der Waals surface area contributed by atoms with Gasteiger partial charge in [-0.15, -0.1) is 0 Å². The summed E-state index contributed by atoms with van der Waals surface area (Å²) in [6.07, 6.45) is 0.857. The average Bonchev–Trinajstić information content (AvgIpc) is 3.65. The summed E-state index contributed by atoms with van der Waals surface area (Å²) in [5, 5.41) is 4.95. The third-order valence-electron chi connectivity index (χ3n) is 11.0. The van der Waals surface area contributed by atoms with Gasteiger partial charge in [-0.2, -0.15) is 0 Å². The van der Waals surface area contributed by atoms with Gasteiger partial charge in [-0.25, -0.2) is 4.98 Å². The molecule has 0 radical (unpaired) electrons. The predicted molar refractivity (Wildman–Crippen MR) is 233 cm³/mol. The molecule has 0 aliphatic carbocycles. The van der Waals surface area contributed by atoms with Gasteiger partial charge in [0.25, 0.3) is 0 Å². The fourth-order valence-corrected chi connectivity index (χ4v) is 8.39. The number of imidazole rings is 1. The Morgan fingerprint density at radius 2 is 0.891 bits per heavy atom. The van der Waals surface area contributed by atoms with E-state index in [9.17, 15) is 0 Å². The fraction of sp³-hybridized carbons (Fsp3) is 0.0377. The highest BCUT2D eigenvalue weighted by Gasteiger charge is 2.20. The molecule has 2 heteroatoms. The second-order valence-electron chi connectivity index (χ2n) is 14.2. The third-order valence-corrected chi connectivity index (χ3v) is 11.0. The van der Waals surface area contributed by atoms with Crippen LogP contribution in [0.3, 0.4) is 0 Å². The Balaban J connectivity index is 1.20. The van der Waals surface area contributed by atoms with Gasteiger partial charge in [0.15, 0.2) is 0 Å². The molecule has 0 atom stereocenters. The summed E-state index contributed by atoms with van der Waals surface area (Å²) in [5.41, 5.74) is 15.5. The van der Waals surface area contributed by atoms with Crippen molar-refractivity contribution >= 4 is 32.6 Å². The summed E-state index contributed by atoms with van der Waals surface area (Å²) < 4.78 is 2.30. The molecule has 1 aromatic heterocycles. The van der Waals surface area contributed by atoms with Gasteiger partial charge in [0.1, 0.15) is 5.82 Å². The van der Waals surface area contributed by atoms with E-state index in [0.29, 0.717) is 0 Å². The number of nitrogens with zero attached hydrogens (tertiary/aromatic N) is 2. The molecule has 10 rings (SSSR count). The van der Waals surface area contributed by atoms with Crippen LogP contribution in [0.2, 0.25) is 0 Å². The van der Waals surface area contributed by atoms with Crippen LogP contribution >= 0.6 is 0 Å². The minimum absolute atomic E-state index is 0.857. The second-order valence-corrected chi connectivity index (χ2v) is 14.2. The van der Waals surface area contributed by atoms with Gasteiger partial charge in [-0.3, -0.25) is 4.57 Å². The molecular weight excluding hydrogens is 665 g/mol. The van der Waals surface area contributed by atoms with Crippen LogP contribution in [0.4, 0.5) is 0 Å². The maximum absolute atomic E-state index is 4.95. The van der Waals surface area contributed by atoms with E-state index in [1.165, 1.54) is 77.2 Å². The first-order valence-electron chi connectivity index (χ1n) is 19.1. The first-order chi connectivity index (χ1) is 27.2. The molecule has 260 valence electrons. The number of hydrogen-bond donors (Lipinski definition) is 0. The SMILES string of the molecule is CCc1nc2ccccc2n1-c1ccc(-c2c3ccccc3c(-c3ccccc3-c3ccc(-c4ccccc4)cc3)c3cc(-c4ccccc4)ccc23)cc1. The molecule has 0 aliphatic heterocycles. The Hall–Kier alpha value is -7.03. The predicted octanol–water partition coefficient (Wildman–Crippen LogP) is 14.2. The van der Waals surface area contributed by atoms with Gasteiger partial charge >= 0.3 is 0 Å². The largest absolute Gasteiger partial charge is 0.296 e. The maximum Gasteiger partial charge on any atom is 0.114 e. The molecule has 0 N–H and O–H groups in total. The van der Waals surface area contributed by atoms with Crippen LogP contribution < -0.4 is 0 Å². The molecule has 0 amide bonds. The van der Waals surface area contributed by atoms with E-state index in [0.717, 1.165) is 29.0 Å². The molecular formula is C53H38N2. The van der Waals surface area contributed by atoms with Gasteiger partial charge < -0.3 is 0 Å². The monoisotopic (exact) mass is 702 g/mol. The Labute approximate surface area is 321 Å². The molecule has 2 nitrogen and oxygen atoms in total. The smallest absolute Gasteiger partial charge is 0.114 e. The highest BCUT2D eigenvalue weighted by atomic mass is 15.1. The van der Waals surface area contributed by atoms with Gasteiger partial charge in [0.05, 0.1) is 11.0 Å². The highest BCUT2D eigenvalue weighted by Crippen LogP contribution is 2.47. The van der Waals surface area contributed by atoms with Gasteiger partial charge in [-0.1, -0.05) is 177 Å². The van der Waals surface area contributed by atoms with Crippen LogP contribution in [-0.4, -0.2) is 9.55 Å². The Kier molecular flexibility index (Phi) is 8.15. The van der Waals surface area contributed by atoms with Gasteiger partial charge in [0.2, 0.25) is 0 Å². The highest BCUT2D eigenvalue weighted by molar-refractivity contribution is 6.23. The summed E-state index contributed by atoms with van der Waals surface area (Å²) in [6, 6.07) is 72.7. The van der Waals surface area contributed by atoms with Crippen molar-refractivity contribution in [2.24, 2.45) is 0 Å². The van der Waals surface area contributed by atoms with Crippen molar-refractivity contribution in [2.45, 2.75) is 13.3 Å². The Bertz CT molecular complexity index is 2970. The van der Waals surface area contributed by atoms with E-state index in [1.54, 1.807) is 0 Å². The van der Waals surface area contributed by atoms with Crippen molar-refractivity contribution in [1.29, 1.82) is 0 Å². The van der Waals surface area contributed by atoms with E-state index in [-0.39, 0.29) is 0 Å². The lowest BCUT2D eigenvalue weighted by Gasteiger charge is -2.21.